The second-order valence-electron chi connectivity index (χ2n) is 6.49. The molecule has 1 aromatic rings. The smallest absolute Gasteiger partial charge is 0.245 e. The summed E-state index contributed by atoms with van der Waals surface area (Å²) in [6.07, 6.45) is 5.00. The molecular formula is C17H31N7O4. The number of hydrogen-bond donors (Lipinski definition) is 3. The van der Waals surface area contributed by atoms with E-state index in [1.165, 1.54) is 6.33 Å². The summed E-state index contributed by atoms with van der Waals surface area (Å²) in [5.74, 6) is -0.138. The number of methoxy groups -OCH3 is 1. The molecule has 11 nitrogen and oxygen atoms in total. The first-order valence-corrected chi connectivity index (χ1v) is 9.32. The summed E-state index contributed by atoms with van der Waals surface area (Å²) in [7, 11) is 3.56. The zero-order chi connectivity index (χ0) is 20.8. The lowest BCUT2D eigenvalue weighted by Crippen LogP contribution is -2.40. The number of likely N-dealkylation sites (N-methyl/N-ethyl adjacent to an activating group) is 1. The van der Waals surface area contributed by atoms with Gasteiger partial charge in [-0.15, -0.1) is 0 Å². The fourth-order valence-corrected chi connectivity index (χ4v) is 2.47. The third-order valence-electron chi connectivity index (χ3n) is 4.06. The number of hydrogen-bond acceptors (Lipinski definition) is 9. The van der Waals surface area contributed by atoms with Gasteiger partial charge >= 0.3 is 0 Å². The van der Waals surface area contributed by atoms with Crippen LogP contribution < -0.4 is 10.9 Å². The number of carbonyl (C=O) groups is 2. The fraction of sp³-hybridized carbons (Fsp3) is 0.706. The Morgan fingerprint density at radius 2 is 2.18 bits per heavy atom. The Hall–Kier alpha value is -2.37. The van der Waals surface area contributed by atoms with E-state index >= 15 is 0 Å². The highest BCUT2D eigenvalue weighted by Gasteiger charge is 2.20. The zero-order valence-electron chi connectivity index (χ0n) is 16.8. The number of rotatable bonds is 15. The van der Waals surface area contributed by atoms with Crippen molar-refractivity contribution in [2.75, 3.05) is 39.3 Å². The standard InChI is InChI=1S/C17H31N7O4/c1-4-5-6-7-14(10-24(27)13-25)16(26)21-22-17-19-12-18-15(20-17)11-23(2)8-9-28-3/h12-14,27H,4-11H2,1-3H3,(H,21,26)(H,18,19,20,22). The van der Waals surface area contributed by atoms with Gasteiger partial charge in [0.2, 0.25) is 18.3 Å². The molecule has 3 N–H and O–H groups in total. The number of hydroxylamine groups is 2. The van der Waals surface area contributed by atoms with Crippen LogP contribution in [0.1, 0.15) is 38.4 Å². The molecule has 0 aliphatic rings. The summed E-state index contributed by atoms with van der Waals surface area (Å²) in [6.45, 7) is 3.83. The molecular weight excluding hydrogens is 366 g/mol. The van der Waals surface area contributed by atoms with Gasteiger partial charge in [0.1, 0.15) is 12.2 Å². The highest BCUT2D eigenvalue weighted by molar-refractivity contribution is 5.80. The van der Waals surface area contributed by atoms with Crippen LogP contribution in [-0.2, 0) is 20.9 Å². The number of aromatic nitrogens is 3. The van der Waals surface area contributed by atoms with Crippen molar-refractivity contribution in [3.05, 3.63) is 12.2 Å². The van der Waals surface area contributed by atoms with Crippen LogP contribution >= 0.6 is 0 Å². The Morgan fingerprint density at radius 1 is 1.39 bits per heavy atom. The molecule has 0 saturated heterocycles. The number of unbranched alkanes of at least 4 members (excludes halogenated alkanes) is 2. The summed E-state index contributed by atoms with van der Waals surface area (Å²) in [6, 6.07) is 0. The fourth-order valence-electron chi connectivity index (χ4n) is 2.47. The van der Waals surface area contributed by atoms with Crippen molar-refractivity contribution >= 4 is 18.3 Å². The maximum atomic E-state index is 12.4. The minimum Gasteiger partial charge on any atom is -0.383 e. The molecule has 28 heavy (non-hydrogen) atoms. The van der Waals surface area contributed by atoms with Gasteiger partial charge in [0.05, 0.1) is 25.6 Å². The lowest BCUT2D eigenvalue weighted by Gasteiger charge is -2.19. The van der Waals surface area contributed by atoms with Gasteiger partial charge in [-0.3, -0.25) is 30.5 Å². The lowest BCUT2D eigenvalue weighted by atomic mass is 10.0. The minimum atomic E-state index is -0.546. The second kappa shape index (κ2) is 13.7. The van der Waals surface area contributed by atoms with Gasteiger partial charge in [-0.25, -0.2) is 10.0 Å². The van der Waals surface area contributed by atoms with Gasteiger partial charge in [0, 0.05) is 13.7 Å². The number of ether oxygens (including phenoxy) is 1. The Bertz CT molecular complexity index is 590. The van der Waals surface area contributed by atoms with E-state index < -0.39 is 5.92 Å². The second-order valence-corrected chi connectivity index (χ2v) is 6.49. The summed E-state index contributed by atoms with van der Waals surface area (Å²) >= 11 is 0. The maximum Gasteiger partial charge on any atom is 0.245 e. The van der Waals surface area contributed by atoms with E-state index in [4.69, 9.17) is 4.74 Å². The van der Waals surface area contributed by atoms with Crippen LogP contribution in [0.25, 0.3) is 0 Å². The molecule has 0 spiro atoms. The number of nitrogens with zero attached hydrogens (tertiary/aromatic N) is 5. The van der Waals surface area contributed by atoms with Crippen LogP contribution in [0.3, 0.4) is 0 Å². The van der Waals surface area contributed by atoms with Gasteiger partial charge < -0.3 is 4.74 Å². The molecule has 0 aromatic carbocycles. The predicted molar refractivity (Wildman–Crippen MR) is 102 cm³/mol. The van der Waals surface area contributed by atoms with Crippen LogP contribution in [0.15, 0.2) is 6.33 Å². The molecule has 158 valence electrons. The average Bonchev–Trinajstić information content (AvgIpc) is 2.70. The zero-order valence-corrected chi connectivity index (χ0v) is 16.8. The van der Waals surface area contributed by atoms with E-state index in [1.54, 1.807) is 7.11 Å². The third kappa shape index (κ3) is 9.53. The van der Waals surface area contributed by atoms with Crippen molar-refractivity contribution in [2.45, 2.75) is 39.2 Å². The van der Waals surface area contributed by atoms with Crippen LogP contribution in [0.2, 0.25) is 0 Å². The Labute approximate surface area is 165 Å². The highest BCUT2D eigenvalue weighted by atomic mass is 16.5. The largest absolute Gasteiger partial charge is 0.383 e. The Kier molecular flexibility index (Phi) is 11.6. The van der Waals surface area contributed by atoms with E-state index in [-0.39, 0.29) is 24.8 Å². The van der Waals surface area contributed by atoms with Crippen molar-refractivity contribution in [1.82, 2.24) is 30.3 Å². The van der Waals surface area contributed by atoms with Crippen LogP contribution in [0, 0.1) is 5.92 Å². The maximum absolute atomic E-state index is 12.4. The Morgan fingerprint density at radius 3 is 2.86 bits per heavy atom. The van der Waals surface area contributed by atoms with Gasteiger partial charge in [-0.2, -0.15) is 9.97 Å². The van der Waals surface area contributed by atoms with E-state index in [1.807, 2.05) is 11.9 Å². The van der Waals surface area contributed by atoms with Crippen molar-refractivity contribution in [3.8, 4) is 0 Å². The predicted octanol–water partition coefficient (Wildman–Crippen LogP) is 0.437. The highest BCUT2D eigenvalue weighted by Crippen LogP contribution is 2.11. The van der Waals surface area contributed by atoms with Crippen LogP contribution in [0.5, 0.6) is 0 Å². The molecule has 11 heteroatoms. The molecule has 0 saturated carbocycles. The number of amides is 2. The first-order valence-electron chi connectivity index (χ1n) is 9.32. The van der Waals surface area contributed by atoms with Gasteiger partial charge in [-0.05, 0) is 13.5 Å². The molecule has 0 bridgehead atoms. The SMILES string of the molecule is CCCCCC(CN(O)C=O)C(=O)NNc1ncnc(CN(C)CCOC)n1. The molecule has 0 fully saturated rings. The number of nitrogens with one attached hydrogen (secondary N) is 2. The van der Waals surface area contributed by atoms with Crippen molar-refractivity contribution in [1.29, 1.82) is 0 Å². The lowest BCUT2D eigenvalue weighted by molar-refractivity contribution is -0.154. The topological polar surface area (TPSA) is 133 Å². The van der Waals surface area contributed by atoms with Gasteiger partial charge in [-0.1, -0.05) is 26.2 Å². The number of anilines is 1. The summed E-state index contributed by atoms with van der Waals surface area (Å²) in [4.78, 5) is 37.4. The normalized spacial score (nSPS) is 11.9. The molecule has 1 rings (SSSR count). The molecule has 0 radical (unpaired) electrons. The summed E-state index contributed by atoms with van der Waals surface area (Å²) < 4.78 is 5.03. The van der Waals surface area contributed by atoms with Gasteiger partial charge in [0.15, 0.2) is 0 Å². The van der Waals surface area contributed by atoms with Crippen molar-refractivity contribution < 1.29 is 19.5 Å². The van der Waals surface area contributed by atoms with E-state index in [0.717, 1.165) is 25.8 Å². The average molecular weight is 397 g/mol. The van der Waals surface area contributed by atoms with Crippen molar-refractivity contribution in [2.24, 2.45) is 5.92 Å². The molecule has 0 aliphatic heterocycles. The molecule has 1 atom stereocenters. The van der Waals surface area contributed by atoms with E-state index in [2.05, 4.69) is 32.7 Å². The summed E-state index contributed by atoms with van der Waals surface area (Å²) in [5.41, 5.74) is 5.21. The van der Waals surface area contributed by atoms with Crippen molar-refractivity contribution in [3.63, 3.8) is 0 Å². The molecule has 2 amide bonds. The monoisotopic (exact) mass is 397 g/mol. The minimum absolute atomic E-state index is 0.0759. The van der Waals surface area contributed by atoms with Crippen LogP contribution in [-0.4, -0.2) is 76.3 Å². The van der Waals surface area contributed by atoms with E-state index in [0.29, 0.717) is 30.5 Å². The van der Waals surface area contributed by atoms with E-state index in [9.17, 15) is 14.8 Å². The third-order valence-corrected chi connectivity index (χ3v) is 4.06. The number of carbonyl (C=O) groups excluding carboxylic acids is 2. The molecule has 1 unspecified atom stereocenters. The first-order chi connectivity index (χ1) is 13.5. The molecule has 1 heterocycles. The first kappa shape index (κ1) is 23.7. The quantitative estimate of drug-likeness (QED) is 0.167. The summed E-state index contributed by atoms with van der Waals surface area (Å²) in [5, 5.41) is 9.90. The number of hydrazine groups is 1. The molecule has 0 aliphatic carbocycles. The van der Waals surface area contributed by atoms with Crippen LogP contribution in [0.4, 0.5) is 5.95 Å². The molecule has 1 aromatic heterocycles. The van der Waals surface area contributed by atoms with Gasteiger partial charge in [0.25, 0.3) is 0 Å². The Balaban J connectivity index is 2.60.